The number of hydrogen-bond acceptors (Lipinski definition) is 5. The van der Waals surface area contributed by atoms with Gasteiger partial charge >= 0.3 is 0 Å². The van der Waals surface area contributed by atoms with Crippen LogP contribution in [0.15, 0.2) is 45.8 Å². The topological polar surface area (TPSA) is 55.1 Å². The summed E-state index contributed by atoms with van der Waals surface area (Å²) < 4.78 is 2.99. The number of aromatic nitrogens is 4. The van der Waals surface area contributed by atoms with E-state index in [0.29, 0.717) is 11.2 Å². The van der Waals surface area contributed by atoms with Crippen LogP contribution < -0.4 is 5.32 Å². The summed E-state index contributed by atoms with van der Waals surface area (Å²) in [5.41, 5.74) is 0.819. The van der Waals surface area contributed by atoms with Crippen molar-refractivity contribution in [3.05, 3.63) is 46.7 Å². The lowest BCUT2D eigenvalue weighted by molar-refractivity contribution is 0.813. The van der Waals surface area contributed by atoms with E-state index in [1.807, 2.05) is 28.4 Å². The summed E-state index contributed by atoms with van der Waals surface area (Å²) in [7, 11) is 0. The van der Waals surface area contributed by atoms with Gasteiger partial charge in [0.1, 0.15) is 5.82 Å². The van der Waals surface area contributed by atoms with Crippen LogP contribution in [0.4, 0.5) is 5.82 Å². The summed E-state index contributed by atoms with van der Waals surface area (Å²) in [4.78, 5) is 1.27. The summed E-state index contributed by atoms with van der Waals surface area (Å²) in [6.45, 7) is 3.06. The number of rotatable bonds is 6. The van der Waals surface area contributed by atoms with Gasteiger partial charge in [-0.3, -0.25) is 0 Å². The second kappa shape index (κ2) is 6.72. The van der Waals surface area contributed by atoms with E-state index in [1.165, 1.54) is 17.7 Å². The number of fused-ring (bicyclic) bond motifs is 1. The second-order valence-electron chi connectivity index (χ2n) is 6.08. The number of nitrogens with zero attached hydrogens (tertiary/aromatic N) is 4. The van der Waals surface area contributed by atoms with Gasteiger partial charge in [-0.2, -0.15) is 4.52 Å². The first-order valence-electron chi connectivity index (χ1n) is 8.07. The molecule has 1 N–H and O–H groups in total. The Balaban J connectivity index is 1.40. The molecule has 24 heavy (non-hydrogen) atoms. The Morgan fingerprint density at radius 2 is 2.00 bits per heavy atom. The van der Waals surface area contributed by atoms with Gasteiger partial charge in [-0.15, -0.1) is 27.1 Å². The molecular weight excluding hydrogens is 386 g/mol. The molecule has 1 aromatic carbocycles. The van der Waals surface area contributed by atoms with E-state index in [2.05, 4.69) is 67.7 Å². The fourth-order valence-corrected chi connectivity index (χ4v) is 3.72. The molecule has 2 aromatic heterocycles. The van der Waals surface area contributed by atoms with Crippen LogP contribution >= 0.6 is 27.7 Å². The van der Waals surface area contributed by atoms with E-state index < -0.39 is 0 Å². The smallest absolute Gasteiger partial charge is 0.178 e. The molecule has 0 spiro atoms. The highest BCUT2D eigenvalue weighted by Crippen LogP contribution is 2.38. The predicted octanol–water partition coefficient (Wildman–Crippen LogP) is 4.36. The molecule has 0 aliphatic heterocycles. The van der Waals surface area contributed by atoms with Crippen molar-refractivity contribution in [1.82, 2.24) is 19.8 Å². The molecule has 1 aliphatic carbocycles. The van der Waals surface area contributed by atoms with Gasteiger partial charge in [0.25, 0.3) is 0 Å². The van der Waals surface area contributed by atoms with Gasteiger partial charge in [-0.25, -0.2) is 0 Å². The molecule has 0 bridgehead atoms. The monoisotopic (exact) mass is 403 g/mol. The maximum atomic E-state index is 4.65. The summed E-state index contributed by atoms with van der Waals surface area (Å²) in [5, 5.41) is 17.0. The standard InChI is InChI=1S/C17H18BrN5S/c1-11(24-14-6-4-13(18)5-7-14)10-19-15-8-9-16-20-21-17(12-2-3-12)23(16)22-15/h4-9,11-12H,2-3,10H2,1H3,(H,19,22). The molecule has 1 saturated carbocycles. The maximum Gasteiger partial charge on any atom is 0.178 e. The van der Waals surface area contributed by atoms with Crippen LogP contribution in [0.2, 0.25) is 0 Å². The van der Waals surface area contributed by atoms with Crippen molar-refractivity contribution in [3.63, 3.8) is 0 Å². The highest BCUT2D eigenvalue weighted by Gasteiger charge is 2.29. The molecule has 4 rings (SSSR count). The molecule has 5 nitrogen and oxygen atoms in total. The van der Waals surface area contributed by atoms with E-state index in [4.69, 9.17) is 0 Å². The molecule has 7 heteroatoms. The lowest BCUT2D eigenvalue weighted by atomic mass is 10.4. The minimum Gasteiger partial charge on any atom is -0.368 e. The zero-order valence-electron chi connectivity index (χ0n) is 13.3. The average molecular weight is 404 g/mol. The molecule has 1 aliphatic rings. The third kappa shape index (κ3) is 3.57. The van der Waals surface area contributed by atoms with Crippen LogP contribution in [-0.4, -0.2) is 31.6 Å². The molecule has 0 saturated heterocycles. The Bertz CT molecular complexity index is 844. The number of thioether (sulfide) groups is 1. The molecule has 1 atom stereocenters. The number of halogens is 1. The van der Waals surface area contributed by atoms with Gasteiger partial charge in [0.15, 0.2) is 11.5 Å². The van der Waals surface area contributed by atoms with Gasteiger partial charge in [0.05, 0.1) is 0 Å². The zero-order valence-corrected chi connectivity index (χ0v) is 15.7. The first kappa shape index (κ1) is 15.9. The Morgan fingerprint density at radius 1 is 1.21 bits per heavy atom. The Kier molecular flexibility index (Phi) is 4.45. The Labute approximate surface area is 153 Å². The molecule has 2 heterocycles. The lowest BCUT2D eigenvalue weighted by Gasteiger charge is -2.13. The molecular formula is C17H18BrN5S. The van der Waals surface area contributed by atoms with Crippen molar-refractivity contribution >= 4 is 39.2 Å². The largest absolute Gasteiger partial charge is 0.368 e. The number of anilines is 1. The third-order valence-corrected chi connectivity index (χ3v) is 5.59. The average Bonchev–Trinajstić information content (AvgIpc) is 3.34. The molecule has 1 unspecified atom stereocenters. The van der Waals surface area contributed by atoms with Crippen molar-refractivity contribution in [2.75, 3.05) is 11.9 Å². The summed E-state index contributed by atoms with van der Waals surface area (Å²) in [5.74, 6) is 2.40. The predicted molar refractivity (Wildman–Crippen MR) is 101 cm³/mol. The van der Waals surface area contributed by atoms with Crippen molar-refractivity contribution < 1.29 is 0 Å². The van der Waals surface area contributed by atoms with Crippen molar-refractivity contribution in [2.45, 2.75) is 35.8 Å². The fourth-order valence-electron chi connectivity index (χ4n) is 2.53. The van der Waals surface area contributed by atoms with Gasteiger partial charge in [-0.05, 0) is 49.2 Å². The van der Waals surface area contributed by atoms with Crippen LogP contribution in [-0.2, 0) is 0 Å². The van der Waals surface area contributed by atoms with Gasteiger partial charge < -0.3 is 5.32 Å². The van der Waals surface area contributed by atoms with E-state index in [1.54, 1.807) is 0 Å². The minimum atomic E-state index is 0.437. The SMILES string of the molecule is CC(CNc1ccc2nnc(C3CC3)n2n1)Sc1ccc(Br)cc1. The molecule has 3 aromatic rings. The molecule has 0 radical (unpaired) electrons. The number of benzene rings is 1. The quantitative estimate of drug-likeness (QED) is 0.619. The lowest BCUT2D eigenvalue weighted by Crippen LogP contribution is -2.15. The van der Waals surface area contributed by atoms with Crippen molar-refractivity contribution in [3.8, 4) is 0 Å². The summed E-state index contributed by atoms with van der Waals surface area (Å²) in [6.07, 6.45) is 2.39. The van der Waals surface area contributed by atoms with Gasteiger partial charge in [-0.1, -0.05) is 22.9 Å². The van der Waals surface area contributed by atoms with Crippen molar-refractivity contribution in [2.24, 2.45) is 0 Å². The molecule has 0 amide bonds. The van der Waals surface area contributed by atoms with Crippen LogP contribution in [0, 0.1) is 0 Å². The maximum absolute atomic E-state index is 4.65. The Morgan fingerprint density at radius 3 is 2.75 bits per heavy atom. The van der Waals surface area contributed by atoms with E-state index in [-0.39, 0.29) is 0 Å². The van der Waals surface area contributed by atoms with E-state index in [9.17, 15) is 0 Å². The second-order valence-corrected chi connectivity index (χ2v) is 8.51. The van der Waals surface area contributed by atoms with Gasteiger partial charge in [0, 0.05) is 27.1 Å². The third-order valence-electron chi connectivity index (χ3n) is 3.95. The van der Waals surface area contributed by atoms with Gasteiger partial charge in [0.2, 0.25) is 0 Å². The van der Waals surface area contributed by atoms with E-state index >= 15 is 0 Å². The Hall–Kier alpha value is -1.60. The normalized spacial score (nSPS) is 15.6. The highest BCUT2D eigenvalue weighted by molar-refractivity contribution is 9.10. The van der Waals surface area contributed by atoms with Crippen LogP contribution in [0.3, 0.4) is 0 Å². The van der Waals surface area contributed by atoms with Crippen LogP contribution in [0.1, 0.15) is 31.5 Å². The van der Waals surface area contributed by atoms with E-state index in [0.717, 1.165) is 28.3 Å². The fraction of sp³-hybridized carbons (Fsp3) is 0.353. The number of nitrogens with one attached hydrogen (secondary N) is 1. The molecule has 1 fully saturated rings. The summed E-state index contributed by atoms with van der Waals surface area (Å²) in [6, 6.07) is 12.4. The van der Waals surface area contributed by atoms with Crippen molar-refractivity contribution in [1.29, 1.82) is 0 Å². The molecule has 124 valence electrons. The minimum absolute atomic E-state index is 0.437. The first-order valence-corrected chi connectivity index (χ1v) is 9.75. The van der Waals surface area contributed by atoms with Crippen LogP contribution in [0.5, 0.6) is 0 Å². The zero-order chi connectivity index (χ0) is 16.5. The summed E-state index contributed by atoms with van der Waals surface area (Å²) >= 11 is 5.32. The first-order chi connectivity index (χ1) is 11.7. The number of hydrogen-bond donors (Lipinski definition) is 1. The highest BCUT2D eigenvalue weighted by atomic mass is 79.9. The van der Waals surface area contributed by atoms with Crippen LogP contribution in [0.25, 0.3) is 5.65 Å².